The molecule has 0 aromatic heterocycles. The lowest BCUT2D eigenvalue weighted by Gasteiger charge is -2.18. The molecule has 0 spiro atoms. The summed E-state index contributed by atoms with van der Waals surface area (Å²) in [5.41, 5.74) is 3.66. The molecule has 0 aliphatic carbocycles. The third-order valence-corrected chi connectivity index (χ3v) is 3.33. The molecule has 0 heterocycles. The Morgan fingerprint density at radius 2 is 2.00 bits per heavy atom. The molecule has 0 bridgehead atoms. The summed E-state index contributed by atoms with van der Waals surface area (Å²) in [6, 6.07) is 5.77. The maximum atomic E-state index is 5.75. The zero-order chi connectivity index (χ0) is 13.4. The van der Waals surface area contributed by atoms with Gasteiger partial charge in [-0.2, -0.15) is 0 Å². The van der Waals surface area contributed by atoms with Gasteiger partial charge in [-0.1, -0.05) is 13.8 Å². The summed E-state index contributed by atoms with van der Waals surface area (Å²) in [6.07, 6.45) is 0. The van der Waals surface area contributed by atoms with Crippen LogP contribution in [0.2, 0.25) is 0 Å². The molecule has 0 fully saturated rings. The maximum absolute atomic E-state index is 5.75. The largest absolute Gasteiger partial charge is 0.491 e. The molecule has 0 atom stereocenters. The van der Waals surface area contributed by atoms with E-state index in [0.29, 0.717) is 6.61 Å². The summed E-state index contributed by atoms with van der Waals surface area (Å²) in [6.45, 7) is 8.06. The SMILES string of the molecule is CCN(CC)CCOc1ccc(NOC)cc1Br. The van der Waals surface area contributed by atoms with E-state index in [4.69, 9.17) is 9.57 Å². The van der Waals surface area contributed by atoms with Gasteiger partial charge in [0.1, 0.15) is 12.4 Å². The van der Waals surface area contributed by atoms with Crippen molar-refractivity contribution in [3.05, 3.63) is 22.7 Å². The maximum Gasteiger partial charge on any atom is 0.133 e. The fourth-order valence-electron chi connectivity index (χ4n) is 1.62. The Bertz CT molecular complexity index is 357. The lowest BCUT2D eigenvalue weighted by atomic mass is 10.3. The van der Waals surface area contributed by atoms with Crippen LogP contribution in [0.4, 0.5) is 5.69 Å². The molecule has 102 valence electrons. The van der Waals surface area contributed by atoms with E-state index in [2.05, 4.69) is 40.2 Å². The molecule has 0 saturated heterocycles. The van der Waals surface area contributed by atoms with Crippen LogP contribution in [0.3, 0.4) is 0 Å². The zero-order valence-electron chi connectivity index (χ0n) is 11.2. The van der Waals surface area contributed by atoms with Crippen LogP contribution < -0.4 is 10.2 Å². The van der Waals surface area contributed by atoms with E-state index in [9.17, 15) is 0 Å². The molecule has 1 aromatic carbocycles. The van der Waals surface area contributed by atoms with Gasteiger partial charge in [-0.3, -0.25) is 10.3 Å². The Balaban J connectivity index is 2.47. The van der Waals surface area contributed by atoms with Crippen LogP contribution >= 0.6 is 15.9 Å². The van der Waals surface area contributed by atoms with Crippen LogP contribution in [0.15, 0.2) is 22.7 Å². The summed E-state index contributed by atoms with van der Waals surface area (Å²) < 4.78 is 6.67. The predicted octanol–water partition coefficient (Wildman–Crippen LogP) is 3.14. The van der Waals surface area contributed by atoms with Crippen LogP contribution in [0.25, 0.3) is 0 Å². The minimum absolute atomic E-state index is 0.692. The molecule has 0 aliphatic heterocycles. The summed E-state index contributed by atoms with van der Waals surface area (Å²) in [5, 5.41) is 0. The molecular weight excluding hydrogens is 296 g/mol. The Kier molecular flexibility index (Phi) is 7.08. The van der Waals surface area contributed by atoms with Crippen molar-refractivity contribution in [1.82, 2.24) is 4.90 Å². The van der Waals surface area contributed by atoms with E-state index in [-0.39, 0.29) is 0 Å². The monoisotopic (exact) mass is 316 g/mol. The highest BCUT2D eigenvalue weighted by molar-refractivity contribution is 9.10. The standard InChI is InChI=1S/C13H21BrN2O2/c1-4-16(5-2)8-9-18-13-7-6-11(15-17-3)10-12(13)14/h6-7,10,15H,4-5,8-9H2,1-3H3. The van der Waals surface area contributed by atoms with Gasteiger partial charge in [-0.15, -0.1) is 0 Å². The first-order valence-corrected chi connectivity index (χ1v) is 6.94. The first-order valence-electron chi connectivity index (χ1n) is 6.15. The Morgan fingerprint density at radius 1 is 1.28 bits per heavy atom. The smallest absolute Gasteiger partial charge is 0.133 e. The lowest BCUT2D eigenvalue weighted by molar-refractivity contribution is 0.222. The van der Waals surface area contributed by atoms with Crippen LogP contribution in [-0.2, 0) is 4.84 Å². The van der Waals surface area contributed by atoms with Gasteiger partial charge in [0.05, 0.1) is 17.3 Å². The van der Waals surface area contributed by atoms with E-state index >= 15 is 0 Å². The fourth-order valence-corrected chi connectivity index (χ4v) is 2.12. The van der Waals surface area contributed by atoms with E-state index in [1.54, 1.807) is 7.11 Å². The van der Waals surface area contributed by atoms with Crippen molar-refractivity contribution in [2.75, 3.05) is 38.8 Å². The number of ether oxygens (including phenoxy) is 1. The highest BCUT2D eigenvalue weighted by Crippen LogP contribution is 2.28. The number of nitrogens with zero attached hydrogens (tertiary/aromatic N) is 1. The van der Waals surface area contributed by atoms with Crippen LogP contribution in [0, 0.1) is 0 Å². The molecule has 0 unspecified atom stereocenters. The molecular formula is C13H21BrN2O2. The molecule has 1 N–H and O–H groups in total. The predicted molar refractivity (Wildman–Crippen MR) is 78.1 cm³/mol. The Labute approximate surface area is 117 Å². The minimum Gasteiger partial charge on any atom is -0.491 e. The molecule has 18 heavy (non-hydrogen) atoms. The highest BCUT2D eigenvalue weighted by atomic mass is 79.9. The fraction of sp³-hybridized carbons (Fsp3) is 0.538. The molecule has 0 radical (unpaired) electrons. The van der Waals surface area contributed by atoms with E-state index in [0.717, 1.165) is 35.5 Å². The minimum atomic E-state index is 0.692. The van der Waals surface area contributed by atoms with Crippen molar-refractivity contribution in [3.63, 3.8) is 0 Å². The number of likely N-dealkylation sites (N-methyl/N-ethyl adjacent to an activating group) is 1. The van der Waals surface area contributed by atoms with Gasteiger partial charge in [0.25, 0.3) is 0 Å². The van der Waals surface area contributed by atoms with Crippen molar-refractivity contribution in [3.8, 4) is 5.75 Å². The van der Waals surface area contributed by atoms with Crippen LogP contribution in [0.5, 0.6) is 5.75 Å². The van der Waals surface area contributed by atoms with Crippen molar-refractivity contribution >= 4 is 21.6 Å². The third-order valence-electron chi connectivity index (χ3n) is 2.71. The van der Waals surface area contributed by atoms with E-state index in [1.807, 2.05) is 18.2 Å². The van der Waals surface area contributed by atoms with E-state index < -0.39 is 0 Å². The van der Waals surface area contributed by atoms with Gasteiger partial charge >= 0.3 is 0 Å². The van der Waals surface area contributed by atoms with Gasteiger partial charge in [0.2, 0.25) is 0 Å². The van der Waals surface area contributed by atoms with Gasteiger partial charge in [-0.25, -0.2) is 0 Å². The lowest BCUT2D eigenvalue weighted by Crippen LogP contribution is -2.27. The summed E-state index contributed by atoms with van der Waals surface area (Å²) in [5.74, 6) is 0.851. The van der Waals surface area contributed by atoms with E-state index in [1.165, 1.54) is 0 Å². The first kappa shape index (κ1) is 15.3. The quantitative estimate of drug-likeness (QED) is 0.747. The average molecular weight is 317 g/mol. The normalized spacial score (nSPS) is 10.7. The van der Waals surface area contributed by atoms with Crippen LogP contribution in [-0.4, -0.2) is 38.3 Å². The van der Waals surface area contributed by atoms with Crippen LogP contribution in [0.1, 0.15) is 13.8 Å². The molecule has 1 aromatic rings. The number of nitrogens with one attached hydrogen (secondary N) is 1. The second-order valence-electron chi connectivity index (χ2n) is 3.83. The third kappa shape index (κ3) is 4.84. The molecule has 0 aliphatic rings. The molecule has 5 heteroatoms. The molecule has 1 rings (SSSR count). The van der Waals surface area contributed by atoms with Gasteiger partial charge in [0.15, 0.2) is 0 Å². The number of hydrogen-bond donors (Lipinski definition) is 1. The van der Waals surface area contributed by atoms with Gasteiger partial charge in [-0.05, 0) is 47.2 Å². The Hall–Kier alpha value is -0.780. The first-order chi connectivity index (χ1) is 8.71. The van der Waals surface area contributed by atoms with Gasteiger partial charge in [0, 0.05) is 6.54 Å². The Morgan fingerprint density at radius 3 is 2.56 bits per heavy atom. The number of rotatable bonds is 8. The number of benzene rings is 1. The number of halogens is 1. The van der Waals surface area contributed by atoms with Crippen molar-refractivity contribution < 1.29 is 9.57 Å². The number of anilines is 1. The molecule has 4 nitrogen and oxygen atoms in total. The molecule has 0 amide bonds. The van der Waals surface area contributed by atoms with Gasteiger partial charge < -0.3 is 9.64 Å². The topological polar surface area (TPSA) is 33.7 Å². The van der Waals surface area contributed by atoms with Crippen molar-refractivity contribution in [1.29, 1.82) is 0 Å². The van der Waals surface area contributed by atoms with Crippen molar-refractivity contribution in [2.24, 2.45) is 0 Å². The summed E-state index contributed by atoms with van der Waals surface area (Å²) in [4.78, 5) is 7.17. The second-order valence-corrected chi connectivity index (χ2v) is 4.68. The average Bonchev–Trinajstić information content (AvgIpc) is 2.37. The molecule has 0 saturated carbocycles. The van der Waals surface area contributed by atoms with Crippen molar-refractivity contribution in [2.45, 2.75) is 13.8 Å². The number of hydrogen-bond acceptors (Lipinski definition) is 4. The second kappa shape index (κ2) is 8.34. The summed E-state index contributed by atoms with van der Waals surface area (Å²) in [7, 11) is 1.59. The zero-order valence-corrected chi connectivity index (χ0v) is 12.8. The summed E-state index contributed by atoms with van der Waals surface area (Å²) >= 11 is 3.48. The highest BCUT2D eigenvalue weighted by Gasteiger charge is 2.04.